The molecule has 0 heterocycles. The van der Waals surface area contributed by atoms with Gasteiger partial charge in [-0.15, -0.1) is 0 Å². The molecule has 0 amide bonds. The molecule has 0 saturated heterocycles. The summed E-state index contributed by atoms with van der Waals surface area (Å²) < 4.78 is 0. The lowest BCUT2D eigenvalue weighted by Gasteiger charge is -2.27. The van der Waals surface area contributed by atoms with E-state index < -0.39 is 0 Å². The number of aryl methyl sites for hydroxylation is 2. The molecule has 0 aliphatic carbocycles. The molecule has 2 rings (SSSR count). The van der Waals surface area contributed by atoms with E-state index in [2.05, 4.69) is 107 Å². The zero-order valence-corrected chi connectivity index (χ0v) is 27.3. The summed E-state index contributed by atoms with van der Waals surface area (Å²) in [5.74, 6) is 0.542. The van der Waals surface area contributed by atoms with Gasteiger partial charge in [-0.2, -0.15) is 0 Å². The number of aliphatic hydroxyl groups excluding tert-OH is 1. The van der Waals surface area contributed by atoms with Crippen molar-refractivity contribution in [3.8, 4) is 0 Å². The third-order valence-corrected chi connectivity index (χ3v) is 7.58. The number of hydrogen-bond acceptors (Lipinski definition) is 3. The van der Waals surface area contributed by atoms with Crippen LogP contribution in [-0.2, 0) is 19.3 Å². The molecular formula is C36H62N2O. The summed E-state index contributed by atoms with van der Waals surface area (Å²) in [6.07, 6.45) is 6.86. The Morgan fingerprint density at radius 3 is 1.90 bits per heavy atom. The third kappa shape index (κ3) is 12.7. The smallest absolute Gasteiger partial charge is 0.0366 e. The molecule has 0 aliphatic heterocycles. The standard InChI is InChI=1S/C33H52N2.C2H6.CH4O/c1-9-22-35(28(8)32-20-19-31(11-3)33(25-32)26(5)6)23-13-14-29-15-17-30(18-16-29)21-24-34(12-4)27(7)10-2;2*1-2/h15-20,25-27H,8-14,21-24H2,1-7H3;1-2H3;2H,1H3. The summed E-state index contributed by atoms with van der Waals surface area (Å²) in [6, 6.07) is 17.0. The molecule has 3 heteroatoms. The fraction of sp³-hybridized carbons (Fsp3) is 0.611. The molecule has 1 atom stereocenters. The van der Waals surface area contributed by atoms with Crippen LogP contribution in [0.4, 0.5) is 0 Å². The van der Waals surface area contributed by atoms with E-state index in [0.717, 1.165) is 65.4 Å². The molecule has 0 aliphatic rings. The Labute approximate surface area is 243 Å². The van der Waals surface area contributed by atoms with Crippen molar-refractivity contribution >= 4 is 5.70 Å². The zero-order chi connectivity index (χ0) is 29.8. The van der Waals surface area contributed by atoms with Gasteiger partial charge in [-0.3, -0.25) is 0 Å². The van der Waals surface area contributed by atoms with Crippen LogP contribution < -0.4 is 0 Å². The maximum Gasteiger partial charge on any atom is 0.0366 e. The molecule has 1 N–H and O–H groups in total. The van der Waals surface area contributed by atoms with Crippen molar-refractivity contribution in [3.63, 3.8) is 0 Å². The average Bonchev–Trinajstić information content (AvgIpc) is 2.98. The van der Waals surface area contributed by atoms with Gasteiger partial charge in [0.1, 0.15) is 0 Å². The molecule has 0 saturated carbocycles. The quantitative estimate of drug-likeness (QED) is 0.231. The van der Waals surface area contributed by atoms with Gasteiger partial charge in [0.05, 0.1) is 0 Å². The van der Waals surface area contributed by atoms with Gasteiger partial charge in [-0.1, -0.05) is 98.4 Å². The van der Waals surface area contributed by atoms with Gasteiger partial charge in [-0.25, -0.2) is 0 Å². The number of likely N-dealkylation sites (N-methyl/N-ethyl adjacent to an activating group) is 1. The number of benzene rings is 2. The van der Waals surface area contributed by atoms with Crippen LogP contribution >= 0.6 is 0 Å². The van der Waals surface area contributed by atoms with Crippen molar-refractivity contribution in [3.05, 3.63) is 76.9 Å². The van der Waals surface area contributed by atoms with Crippen LogP contribution in [0.5, 0.6) is 0 Å². The number of nitrogens with zero attached hydrogens (tertiary/aromatic N) is 2. The lowest BCUT2D eigenvalue weighted by Crippen LogP contribution is -2.34. The van der Waals surface area contributed by atoms with Crippen molar-refractivity contribution in [1.29, 1.82) is 0 Å². The number of rotatable bonds is 16. The molecule has 0 spiro atoms. The maximum atomic E-state index is 7.00. The van der Waals surface area contributed by atoms with E-state index in [-0.39, 0.29) is 0 Å². The van der Waals surface area contributed by atoms with Gasteiger partial charge in [0.2, 0.25) is 0 Å². The van der Waals surface area contributed by atoms with Gasteiger partial charge in [0.15, 0.2) is 0 Å². The Morgan fingerprint density at radius 2 is 1.41 bits per heavy atom. The lowest BCUT2D eigenvalue weighted by atomic mass is 9.93. The van der Waals surface area contributed by atoms with Crippen LogP contribution in [0.15, 0.2) is 49.0 Å². The summed E-state index contributed by atoms with van der Waals surface area (Å²) in [5.41, 5.74) is 8.28. The normalized spacial score (nSPS) is 11.4. The number of hydrogen-bond donors (Lipinski definition) is 1. The van der Waals surface area contributed by atoms with Gasteiger partial charge < -0.3 is 14.9 Å². The molecule has 2 aromatic rings. The van der Waals surface area contributed by atoms with E-state index >= 15 is 0 Å². The van der Waals surface area contributed by atoms with Crippen LogP contribution in [0.3, 0.4) is 0 Å². The van der Waals surface area contributed by atoms with E-state index in [0.29, 0.717) is 12.0 Å². The molecule has 0 fully saturated rings. The fourth-order valence-electron chi connectivity index (χ4n) is 5.04. The van der Waals surface area contributed by atoms with E-state index in [1.807, 2.05) is 13.8 Å². The zero-order valence-electron chi connectivity index (χ0n) is 27.3. The second kappa shape index (κ2) is 21.7. The fourth-order valence-corrected chi connectivity index (χ4v) is 5.04. The topological polar surface area (TPSA) is 26.7 Å². The predicted molar refractivity (Wildman–Crippen MR) is 176 cm³/mol. The molecule has 2 aromatic carbocycles. The molecule has 0 bridgehead atoms. The Balaban J connectivity index is 0.00000344. The van der Waals surface area contributed by atoms with Crippen LogP contribution in [0.2, 0.25) is 0 Å². The monoisotopic (exact) mass is 538 g/mol. The average molecular weight is 539 g/mol. The molecular weight excluding hydrogens is 476 g/mol. The van der Waals surface area contributed by atoms with Gasteiger partial charge in [0, 0.05) is 38.5 Å². The highest BCUT2D eigenvalue weighted by molar-refractivity contribution is 5.63. The molecule has 39 heavy (non-hydrogen) atoms. The Hall–Kier alpha value is -2.10. The lowest BCUT2D eigenvalue weighted by molar-refractivity contribution is 0.217. The highest BCUT2D eigenvalue weighted by Gasteiger charge is 2.13. The van der Waals surface area contributed by atoms with Crippen molar-refractivity contribution in [2.24, 2.45) is 0 Å². The molecule has 3 nitrogen and oxygen atoms in total. The largest absolute Gasteiger partial charge is 0.400 e. The highest BCUT2D eigenvalue weighted by Crippen LogP contribution is 2.26. The Morgan fingerprint density at radius 1 is 0.821 bits per heavy atom. The first kappa shape index (κ1) is 36.9. The van der Waals surface area contributed by atoms with Crippen LogP contribution in [0, 0.1) is 0 Å². The van der Waals surface area contributed by atoms with Crippen molar-refractivity contribution in [1.82, 2.24) is 9.80 Å². The minimum absolute atomic E-state index is 0.542. The van der Waals surface area contributed by atoms with Crippen LogP contribution in [0.25, 0.3) is 5.70 Å². The first-order valence-corrected chi connectivity index (χ1v) is 15.7. The Bertz CT molecular complexity index is 887. The van der Waals surface area contributed by atoms with Gasteiger partial charge >= 0.3 is 0 Å². The van der Waals surface area contributed by atoms with Gasteiger partial charge in [-0.05, 0) is 91.8 Å². The number of aliphatic hydroxyl groups is 1. The summed E-state index contributed by atoms with van der Waals surface area (Å²) in [4.78, 5) is 5.08. The maximum absolute atomic E-state index is 7.00. The second-order valence-corrected chi connectivity index (χ2v) is 10.4. The predicted octanol–water partition coefficient (Wildman–Crippen LogP) is 8.99. The summed E-state index contributed by atoms with van der Waals surface area (Å²) in [6.45, 7) is 28.9. The molecule has 1 unspecified atom stereocenters. The summed E-state index contributed by atoms with van der Waals surface area (Å²) in [5, 5.41) is 7.00. The molecule has 0 radical (unpaired) electrons. The van der Waals surface area contributed by atoms with Crippen LogP contribution in [-0.4, -0.2) is 54.2 Å². The molecule has 0 aromatic heterocycles. The van der Waals surface area contributed by atoms with Crippen molar-refractivity contribution in [2.75, 3.05) is 33.3 Å². The Kier molecular flexibility index (Phi) is 20.5. The minimum Gasteiger partial charge on any atom is -0.400 e. The van der Waals surface area contributed by atoms with Crippen molar-refractivity contribution in [2.45, 2.75) is 113 Å². The summed E-state index contributed by atoms with van der Waals surface area (Å²) >= 11 is 0. The SMILES string of the molecule is C=C(c1ccc(CC)c(C(C)C)c1)N(CCC)CCCc1ccc(CCN(CC)C(C)CC)cc1.CC.CO. The molecule has 222 valence electrons. The van der Waals surface area contributed by atoms with E-state index in [1.54, 1.807) is 0 Å². The van der Waals surface area contributed by atoms with Crippen molar-refractivity contribution < 1.29 is 5.11 Å². The van der Waals surface area contributed by atoms with E-state index in [9.17, 15) is 0 Å². The van der Waals surface area contributed by atoms with E-state index in [4.69, 9.17) is 5.11 Å². The summed E-state index contributed by atoms with van der Waals surface area (Å²) in [7, 11) is 1.00. The second-order valence-electron chi connectivity index (χ2n) is 10.4. The van der Waals surface area contributed by atoms with Crippen LogP contribution in [0.1, 0.15) is 115 Å². The van der Waals surface area contributed by atoms with Gasteiger partial charge in [0.25, 0.3) is 0 Å². The highest BCUT2D eigenvalue weighted by atomic mass is 16.2. The first-order valence-electron chi connectivity index (χ1n) is 15.7. The minimum atomic E-state index is 0.542. The third-order valence-electron chi connectivity index (χ3n) is 7.58. The van der Waals surface area contributed by atoms with E-state index in [1.165, 1.54) is 39.9 Å². The first-order chi connectivity index (χ1) is 18.8.